The van der Waals surface area contributed by atoms with Gasteiger partial charge in [-0.05, 0) is 49.7 Å². The fourth-order valence-electron chi connectivity index (χ4n) is 4.39. The number of anilines is 2. The number of aromatic nitrogens is 5. The summed E-state index contributed by atoms with van der Waals surface area (Å²) >= 11 is 0. The number of rotatable bonds is 5. The molecule has 4 aromatic heterocycles. The molecule has 0 radical (unpaired) electrons. The first kappa shape index (κ1) is 20.8. The van der Waals surface area contributed by atoms with Gasteiger partial charge in [-0.3, -0.25) is 4.68 Å². The van der Waals surface area contributed by atoms with Crippen LogP contribution in [-0.4, -0.2) is 62.9 Å². The number of nitrogens with one attached hydrogen (secondary N) is 1. The summed E-state index contributed by atoms with van der Waals surface area (Å²) in [6.07, 6.45) is 9.85. The van der Waals surface area contributed by atoms with E-state index in [4.69, 9.17) is 4.98 Å². The molecule has 0 bridgehead atoms. The van der Waals surface area contributed by atoms with Crippen LogP contribution in [0.4, 0.5) is 11.6 Å². The minimum absolute atomic E-state index is 0.802. The van der Waals surface area contributed by atoms with E-state index >= 15 is 0 Å². The maximum atomic E-state index is 4.87. The lowest BCUT2D eigenvalue weighted by Gasteiger charge is -2.33. The van der Waals surface area contributed by atoms with Crippen LogP contribution in [0.2, 0.25) is 0 Å². The summed E-state index contributed by atoms with van der Waals surface area (Å²) in [7, 11) is 4.09. The minimum atomic E-state index is 0.802. The molecule has 0 aromatic carbocycles. The van der Waals surface area contributed by atoms with Crippen LogP contribution in [0.5, 0.6) is 0 Å². The SMILES string of the molecule is CN1CCN(c2cc(C(Nc3cc4nc(-c5cnn(C)c5)ccc4cn3)=C3CC3)ccn2)CC1. The summed E-state index contributed by atoms with van der Waals surface area (Å²) in [5.74, 6) is 1.84. The molecule has 172 valence electrons. The average molecular weight is 453 g/mol. The van der Waals surface area contributed by atoms with Crippen LogP contribution in [0.3, 0.4) is 0 Å². The van der Waals surface area contributed by atoms with Crippen molar-refractivity contribution in [2.24, 2.45) is 7.05 Å². The number of pyridine rings is 3. The third-order valence-corrected chi connectivity index (χ3v) is 6.54. The third kappa shape index (κ3) is 4.24. The Morgan fingerprint density at radius 2 is 1.79 bits per heavy atom. The number of piperazine rings is 1. The van der Waals surface area contributed by atoms with Gasteiger partial charge in [0.2, 0.25) is 0 Å². The Kier molecular flexibility index (Phi) is 5.22. The lowest BCUT2D eigenvalue weighted by Crippen LogP contribution is -2.44. The van der Waals surface area contributed by atoms with E-state index in [1.807, 2.05) is 44.0 Å². The van der Waals surface area contributed by atoms with Crippen LogP contribution in [-0.2, 0) is 7.05 Å². The molecule has 2 fully saturated rings. The molecule has 1 aliphatic carbocycles. The van der Waals surface area contributed by atoms with Gasteiger partial charge >= 0.3 is 0 Å². The molecule has 0 spiro atoms. The second-order valence-corrected chi connectivity index (χ2v) is 9.16. The van der Waals surface area contributed by atoms with Crippen molar-refractivity contribution in [3.8, 4) is 11.3 Å². The van der Waals surface area contributed by atoms with Gasteiger partial charge in [-0.2, -0.15) is 5.10 Å². The van der Waals surface area contributed by atoms with Crippen LogP contribution in [0.1, 0.15) is 18.4 Å². The molecular formula is C26H28N8. The highest BCUT2D eigenvalue weighted by atomic mass is 15.3. The summed E-state index contributed by atoms with van der Waals surface area (Å²) in [6.45, 7) is 4.13. The van der Waals surface area contributed by atoms with Crippen LogP contribution in [0.15, 0.2) is 60.7 Å². The molecule has 6 rings (SSSR count). The molecule has 0 amide bonds. The van der Waals surface area contributed by atoms with Crippen LogP contribution in [0, 0.1) is 0 Å². The van der Waals surface area contributed by atoms with Crippen LogP contribution < -0.4 is 10.2 Å². The highest BCUT2D eigenvalue weighted by Gasteiger charge is 2.22. The van der Waals surface area contributed by atoms with Gasteiger partial charge < -0.3 is 15.1 Å². The van der Waals surface area contributed by atoms with Crippen molar-refractivity contribution in [3.05, 3.63) is 66.3 Å². The summed E-state index contributed by atoms with van der Waals surface area (Å²) in [5.41, 5.74) is 6.55. The maximum Gasteiger partial charge on any atom is 0.132 e. The lowest BCUT2D eigenvalue weighted by atomic mass is 10.1. The monoisotopic (exact) mass is 452 g/mol. The standard InChI is InChI=1S/C26H28N8/c1-32-9-11-34(12-10-32)25-13-19(7-8-27-25)26(18-3-4-18)31-24-14-23-20(15-28-24)5-6-22(30-23)21-16-29-33(2)17-21/h5-8,13-17H,3-4,9-12H2,1-2H3,(H,28,31). The number of allylic oxidation sites excluding steroid dienone is 1. The van der Waals surface area contributed by atoms with Crippen LogP contribution >= 0.6 is 0 Å². The minimum Gasteiger partial charge on any atom is -0.354 e. The van der Waals surface area contributed by atoms with Crippen molar-refractivity contribution >= 4 is 28.2 Å². The largest absolute Gasteiger partial charge is 0.354 e. The molecule has 1 N–H and O–H groups in total. The smallest absolute Gasteiger partial charge is 0.132 e. The molecule has 5 heterocycles. The zero-order chi connectivity index (χ0) is 23.1. The highest BCUT2D eigenvalue weighted by Crippen LogP contribution is 2.37. The van der Waals surface area contributed by atoms with E-state index < -0.39 is 0 Å². The first-order valence-corrected chi connectivity index (χ1v) is 11.8. The molecule has 34 heavy (non-hydrogen) atoms. The second-order valence-electron chi connectivity index (χ2n) is 9.16. The summed E-state index contributed by atoms with van der Waals surface area (Å²) in [6, 6.07) is 10.4. The quantitative estimate of drug-likeness (QED) is 0.494. The first-order valence-electron chi connectivity index (χ1n) is 11.8. The number of likely N-dealkylation sites (N-methyl/N-ethyl adjacent to an activating group) is 1. The Balaban J connectivity index is 1.29. The van der Waals surface area contributed by atoms with Crippen molar-refractivity contribution in [2.75, 3.05) is 43.4 Å². The molecular weight excluding hydrogens is 424 g/mol. The fraction of sp³-hybridized carbons (Fsp3) is 0.308. The van der Waals surface area contributed by atoms with E-state index in [0.29, 0.717) is 0 Å². The Hall–Kier alpha value is -3.78. The Morgan fingerprint density at radius 3 is 2.56 bits per heavy atom. The fourth-order valence-corrected chi connectivity index (χ4v) is 4.39. The van der Waals surface area contributed by atoms with Gasteiger partial charge in [-0.25, -0.2) is 15.0 Å². The van der Waals surface area contributed by atoms with Crippen molar-refractivity contribution in [1.29, 1.82) is 0 Å². The van der Waals surface area contributed by atoms with Crippen LogP contribution in [0.25, 0.3) is 27.9 Å². The van der Waals surface area contributed by atoms with Crippen molar-refractivity contribution in [3.63, 3.8) is 0 Å². The third-order valence-electron chi connectivity index (χ3n) is 6.54. The topological polar surface area (TPSA) is 75.0 Å². The molecule has 8 heteroatoms. The normalized spacial score (nSPS) is 16.2. The second kappa shape index (κ2) is 8.53. The van der Waals surface area contributed by atoms with Crippen molar-refractivity contribution in [2.45, 2.75) is 12.8 Å². The van der Waals surface area contributed by atoms with E-state index in [1.54, 1.807) is 4.68 Å². The first-order chi connectivity index (χ1) is 16.6. The Bertz CT molecular complexity index is 1370. The average Bonchev–Trinajstić information content (AvgIpc) is 3.62. The van der Waals surface area contributed by atoms with Gasteiger partial charge in [0.05, 0.1) is 17.4 Å². The van der Waals surface area contributed by atoms with Gasteiger partial charge in [0, 0.05) is 80.1 Å². The number of fused-ring (bicyclic) bond motifs is 1. The van der Waals surface area contributed by atoms with E-state index in [1.165, 1.54) is 5.57 Å². The predicted octanol–water partition coefficient (Wildman–Crippen LogP) is 3.79. The van der Waals surface area contributed by atoms with E-state index in [2.05, 4.69) is 55.4 Å². The van der Waals surface area contributed by atoms with Gasteiger partial charge in [0.1, 0.15) is 11.6 Å². The molecule has 8 nitrogen and oxygen atoms in total. The van der Waals surface area contributed by atoms with Gasteiger partial charge in [0.25, 0.3) is 0 Å². The molecule has 2 aliphatic rings. The number of aryl methyl sites for hydroxylation is 1. The molecule has 1 saturated heterocycles. The van der Waals surface area contributed by atoms with Gasteiger partial charge in [-0.1, -0.05) is 0 Å². The molecule has 1 aliphatic heterocycles. The highest BCUT2D eigenvalue weighted by molar-refractivity contribution is 5.86. The van der Waals surface area contributed by atoms with E-state index in [-0.39, 0.29) is 0 Å². The Labute approximate surface area is 199 Å². The molecule has 0 atom stereocenters. The maximum absolute atomic E-state index is 4.87. The molecule has 1 saturated carbocycles. The number of hydrogen-bond donors (Lipinski definition) is 1. The van der Waals surface area contributed by atoms with Gasteiger partial charge in [0.15, 0.2) is 0 Å². The van der Waals surface area contributed by atoms with Crippen molar-refractivity contribution < 1.29 is 0 Å². The zero-order valence-electron chi connectivity index (χ0n) is 19.6. The summed E-state index contributed by atoms with van der Waals surface area (Å²) in [4.78, 5) is 18.9. The predicted molar refractivity (Wildman–Crippen MR) is 135 cm³/mol. The summed E-state index contributed by atoms with van der Waals surface area (Å²) < 4.78 is 1.79. The van der Waals surface area contributed by atoms with E-state index in [9.17, 15) is 0 Å². The Morgan fingerprint density at radius 1 is 0.941 bits per heavy atom. The van der Waals surface area contributed by atoms with E-state index in [0.717, 1.165) is 84.1 Å². The number of hydrogen-bond acceptors (Lipinski definition) is 7. The van der Waals surface area contributed by atoms with Crippen molar-refractivity contribution in [1.82, 2.24) is 29.6 Å². The lowest BCUT2D eigenvalue weighted by molar-refractivity contribution is 0.312. The molecule has 0 unspecified atom stereocenters. The molecule has 4 aromatic rings. The zero-order valence-corrected chi connectivity index (χ0v) is 19.6. The summed E-state index contributed by atoms with van der Waals surface area (Å²) in [5, 5.41) is 8.89. The number of nitrogens with zero attached hydrogens (tertiary/aromatic N) is 7. The van der Waals surface area contributed by atoms with Gasteiger partial charge in [-0.15, -0.1) is 0 Å².